The zero-order chi connectivity index (χ0) is 13.5. The lowest BCUT2D eigenvalue weighted by Crippen LogP contribution is -2.34. The SMILES string of the molecule is COc1ccccc1C(CC(C)C)NC(=O)CN.Cl. The summed E-state index contributed by atoms with van der Waals surface area (Å²) in [5.74, 6) is 1.12. The molecule has 0 fully saturated rings. The summed E-state index contributed by atoms with van der Waals surface area (Å²) in [7, 11) is 1.63. The van der Waals surface area contributed by atoms with Crippen molar-refractivity contribution in [3.05, 3.63) is 29.8 Å². The van der Waals surface area contributed by atoms with Crippen molar-refractivity contribution in [3.8, 4) is 5.75 Å². The minimum atomic E-state index is -0.147. The number of carbonyl (C=O) groups is 1. The molecule has 0 radical (unpaired) electrons. The van der Waals surface area contributed by atoms with Crippen LogP contribution in [0.25, 0.3) is 0 Å². The van der Waals surface area contributed by atoms with Gasteiger partial charge in [-0.05, 0) is 18.4 Å². The van der Waals surface area contributed by atoms with E-state index in [1.54, 1.807) is 7.11 Å². The van der Waals surface area contributed by atoms with E-state index in [4.69, 9.17) is 10.5 Å². The molecule has 1 aromatic rings. The first-order valence-electron chi connectivity index (χ1n) is 6.20. The third-order valence-electron chi connectivity index (χ3n) is 2.74. The number of rotatable bonds is 6. The van der Waals surface area contributed by atoms with Gasteiger partial charge >= 0.3 is 0 Å². The van der Waals surface area contributed by atoms with Crippen LogP contribution in [0.15, 0.2) is 24.3 Å². The molecule has 3 N–H and O–H groups in total. The van der Waals surface area contributed by atoms with E-state index in [1.807, 2.05) is 24.3 Å². The Hall–Kier alpha value is -1.26. The van der Waals surface area contributed by atoms with Gasteiger partial charge in [0.15, 0.2) is 0 Å². The fraction of sp³-hybridized carbons (Fsp3) is 0.500. The van der Waals surface area contributed by atoms with Gasteiger partial charge in [-0.2, -0.15) is 0 Å². The van der Waals surface area contributed by atoms with Crippen molar-refractivity contribution >= 4 is 18.3 Å². The van der Waals surface area contributed by atoms with Crippen molar-refractivity contribution in [1.82, 2.24) is 5.32 Å². The van der Waals surface area contributed by atoms with Crippen LogP contribution < -0.4 is 15.8 Å². The van der Waals surface area contributed by atoms with Gasteiger partial charge in [0.25, 0.3) is 0 Å². The van der Waals surface area contributed by atoms with Crippen LogP contribution in [-0.4, -0.2) is 19.6 Å². The number of nitrogens with one attached hydrogen (secondary N) is 1. The summed E-state index contributed by atoms with van der Waals surface area (Å²) >= 11 is 0. The van der Waals surface area contributed by atoms with Gasteiger partial charge in [0, 0.05) is 5.56 Å². The second-order valence-electron chi connectivity index (χ2n) is 4.70. The quantitative estimate of drug-likeness (QED) is 0.843. The highest BCUT2D eigenvalue weighted by atomic mass is 35.5. The first-order valence-corrected chi connectivity index (χ1v) is 6.20. The molecular formula is C14H23ClN2O2. The van der Waals surface area contributed by atoms with Crippen molar-refractivity contribution in [2.24, 2.45) is 11.7 Å². The number of benzene rings is 1. The van der Waals surface area contributed by atoms with Gasteiger partial charge in [-0.3, -0.25) is 4.79 Å². The van der Waals surface area contributed by atoms with E-state index in [0.717, 1.165) is 17.7 Å². The average Bonchev–Trinajstić information content (AvgIpc) is 2.37. The first kappa shape index (κ1) is 17.7. The number of amides is 1. The van der Waals surface area contributed by atoms with Crippen LogP contribution in [-0.2, 0) is 4.79 Å². The van der Waals surface area contributed by atoms with Gasteiger partial charge in [-0.25, -0.2) is 0 Å². The Morgan fingerprint density at radius 1 is 1.37 bits per heavy atom. The number of nitrogens with two attached hydrogens (primary N) is 1. The van der Waals surface area contributed by atoms with Crippen LogP contribution in [0.5, 0.6) is 5.75 Å². The summed E-state index contributed by atoms with van der Waals surface area (Å²) in [4.78, 5) is 11.5. The number of halogens is 1. The third-order valence-corrected chi connectivity index (χ3v) is 2.74. The molecule has 0 aromatic heterocycles. The molecule has 0 heterocycles. The molecule has 5 heteroatoms. The molecule has 0 bridgehead atoms. The molecule has 19 heavy (non-hydrogen) atoms. The molecule has 0 saturated heterocycles. The van der Waals surface area contributed by atoms with Crippen LogP contribution in [0, 0.1) is 5.92 Å². The maximum atomic E-state index is 11.5. The van der Waals surface area contributed by atoms with Crippen LogP contribution in [0.4, 0.5) is 0 Å². The Labute approximate surface area is 121 Å². The highest BCUT2D eigenvalue weighted by molar-refractivity contribution is 5.85. The van der Waals surface area contributed by atoms with E-state index in [2.05, 4.69) is 19.2 Å². The van der Waals surface area contributed by atoms with Crippen molar-refractivity contribution in [3.63, 3.8) is 0 Å². The van der Waals surface area contributed by atoms with Crippen LogP contribution in [0.2, 0.25) is 0 Å². The molecule has 108 valence electrons. The smallest absolute Gasteiger partial charge is 0.234 e. The van der Waals surface area contributed by atoms with Crippen molar-refractivity contribution in [1.29, 1.82) is 0 Å². The summed E-state index contributed by atoms with van der Waals surface area (Å²) in [5.41, 5.74) is 6.35. The van der Waals surface area contributed by atoms with Gasteiger partial charge in [0.05, 0.1) is 19.7 Å². The zero-order valence-electron chi connectivity index (χ0n) is 11.7. The van der Waals surface area contributed by atoms with Crippen molar-refractivity contribution < 1.29 is 9.53 Å². The van der Waals surface area contributed by atoms with E-state index >= 15 is 0 Å². The van der Waals surface area contributed by atoms with Crippen LogP contribution in [0.3, 0.4) is 0 Å². The highest BCUT2D eigenvalue weighted by Gasteiger charge is 2.18. The van der Waals surface area contributed by atoms with Crippen LogP contribution in [0.1, 0.15) is 31.9 Å². The maximum Gasteiger partial charge on any atom is 0.234 e. The molecule has 1 atom stereocenters. The molecule has 0 aliphatic rings. The molecule has 0 aliphatic carbocycles. The van der Waals surface area contributed by atoms with E-state index in [1.165, 1.54) is 0 Å². The normalized spacial score (nSPS) is 11.6. The maximum absolute atomic E-state index is 11.5. The van der Waals surface area contributed by atoms with Crippen molar-refractivity contribution in [2.45, 2.75) is 26.3 Å². The molecule has 1 rings (SSSR count). The Bertz CT molecular complexity index is 397. The summed E-state index contributed by atoms with van der Waals surface area (Å²) < 4.78 is 5.34. The predicted octanol–water partition coefficient (Wildman–Crippen LogP) is 2.28. The van der Waals surface area contributed by atoms with Gasteiger partial charge in [0.2, 0.25) is 5.91 Å². The molecule has 0 aliphatic heterocycles. The number of ether oxygens (including phenoxy) is 1. The monoisotopic (exact) mass is 286 g/mol. The predicted molar refractivity (Wildman–Crippen MR) is 79.6 cm³/mol. The number of hydrogen-bond donors (Lipinski definition) is 2. The van der Waals surface area contributed by atoms with Crippen molar-refractivity contribution in [2.75, 3.05) is 13.7 Å². The number of carbonyl (C=O) groups excluding carboxylic acids is 1. The van der Waals surface area contributed by atoms with E-state index < -0.39 is 0 Å². The lowest BCUT2D eigenvalue weighted by atomic mass is 9.96. The molecule has 1 amide bonds. The Kier molecular flexibility index (Phi) is 8.19. The van der Waals surface area contributed by atoms with E-state index in [-0.39, 0.29) is 30.9 Å². The minimum Gasteiger partial charge on any atom is -0.496 e. The van der Waals surface area contributed by atoms with Gasteiger partial charge < -0.3 is 15.8 Å². The van der Waals surface area contributed by atoms with Gasteiger partial charge in [-0.15, -0.1) is 12.4 Å². The number of para-hydroxylation sites is 1. The number of methoxy groups -OCH3 is 1. The highest BCUT2D eigenvalue weighted by Crippen LogP contribution is 2.29. The summed E-state index contributed by atoms with van der Waals surface area (Å²) in [5, 5.41) is 2.95. The zero-order valence-corrected chi connectivity index (χ0v) is 12.5. The minimum absolute atomic E-state index is 0. The molecule has 0 spiro atoms. The van der Waals surface area contributed by atoms with Crippen LogP contribution >= 0.6 is 12.4 Å². The molecule has 0 saturated carbocycles. The Balaban J connectivity index is 0.00000324. The first-order chi connectivity index (χ1) is 8.58. The standard InChI is InChI=1S/C14H22N2O2.ClH/c1-10(2)8-12(16-14(17)9-15)11-6-4-5-7-13(11)18-3;/h4-7,10,12H,8-9,15H2,1-3H3,(H,16,17);1H. The fourth-order valence-electron chi connectivity index (χ4n) is 1.94. The second-order valence-corrected chi connectivity index (χ2v) is 4.70. The summed E-state index contributed by atoms with van der Waals surface area (Å²) in [6.45, 7) is 4.25. The Morgan fingerprint density at radius 2 is 2.00 bits per heavy atom. The summed E-state index contributed by atoms with van der Waals surface area (Å²) in [6.07, 6.45) is 0.853. The molecule has 4 nitrogen and oxygen atoms in total. The third kappa shape index (κ3) is 5.49. The number of hydrogen-bond acceptors (Lipinski definition) is 3. The summed E-state index contributed by atoms with van der Waals surface area (Å²) in [6, 6.07) is 7.68. The fourth-order valence-corrected chi connectivity index (χ4v) is 1.94. The van der Waals surface area contributed by atoms with E-state index in [9.17, 15) is 4.79 Å². The molecule has 1 aromatic carbocycles. The average molecular weight is 287 g/mol. The topological polar surface area (TPSA) is 64.3 Å². The Morgan fingerprint density at radius 3 is 2.53 bits per heavy atom. The lowest BCUT2D eigenvalue weighted by molar-refractivity contribution is -0.120. The van der Waals surface area contributed by atoms with E-state index in [0.29, 0.717) is 5.92 Å². The lowest BCUT2D eigenvalue weighted by Gasteiger charge is -2.22. The molecular weight excluding hydrogens is 264 g/mol. The van der Waals surface area contributed by atoms with Gasteiger partial charge in [-0.1, -0.05) is 32.0 Å². The second kappa shape index (κ2) is 8.77. The molecule has 1 unspecified atom stereocenters. The largest absolute Gasteiger partial charge is 0.496 e. The van der Waals surface area contributed by atoms with Gasteiger partial charge in [0.1, 0.15) is 5.75 Å².